The van der Waals surface area contributed by atoms with Gasteiger partial charge in [0.15, 0.2) is 12.4 Å². The topological polar surface area (TPSA) is 32.6 Å². The number of nitrogens with one attached hydrogen (secondary N) is 1. The van der Waals surface area contributed by atoms with Gasteiger partial charge in [-0.15, -0.1) is 0 Å². The van der Waals surface area contributed by atoms with E-state index in [0.717, 1.165) is 33.4 Å². The van der Waals surface area contributed by atoms with Crippen molar-refractivity contribution in [1.82, 2.24) is 9.97 Å². The van der Waals surface area contributed by atoms with Crippen LogP contribution in [0.15, 0.2) is 41.1 Å². The normalized spacial score (nSPS) is 11.1. The standard InChI is InChI=1S/C14H12BrClN3/c1-2-19-7-9(5-10(15)8-19)14-17-12-4-3-11(16)6-13(12)18-14/h3-8H,2H2,1H3,(H,17,18)/q+1. The first-order valence-corrected chi connectivity index (χ1v) is 7.18. The molecule has 3 aromatic rings. The molecule has 0 aliphatic rings. The summed E-state index contributed by atoms with van der Waals surface area (Å²) in [7, 11) is 0. The van der Waals surface area contributed by atoms with Crippen LogP contribution < -0.4 is 4.57 Å². The molecule has 0 spiro atoms. The summed E-state index contributed by atoms with van der Waals surface area (Å²) < 4.78 is 3.14. The average molecular weight is 338 g/mol. The predicted molar refractivity (Wildman–Crippen MR) is 80.1 cm³/mol. The van der Waals surface area contributed by atoms with Crippen LogP contribution in [0.3, 0.4) is 0 Å². The Morgan fingerprint density at radius 1 is 1.32 bits per heavy atom. The Labute approximate surface area is 124 Å². The Balaban J connectivity index is 2.15. The molecular weight excluding hydrogens is 326 g/mol. The second-order valence-electron chi connectivity index (χ2n) is 4.32. The van der Waals surface area contributed by atoms with Gasteiger partial charge in [0, 0.05) is 5.02 Å². The largest absolute Gasteiger partial charge is 0.338 e. The zero-order valence-corrected chi connectivity index (χ0v) is 12.7. The summed E-state index contributed by atoms with van der Waals surface area (Å²) in [5, 5.41) is 0.709. The number of aryl methyl sites for hydroxylation is 1. The number of imidazole rings is 1. The minimum Gasteiger partial charge on any atom is -0.338 e. The first-order valence-electron chi connectivity index (χ1n) is 6.01. The van der Waals surface area contributed by atoms with Gasteiger partial charge in [-0.2, -0.15) is 0 Å². The Morgan fingerprint density at radius 3 is 2.95 bits per heavy atom. The summed E-state index contributed by atoms with van der Waals surface area (Å²) in [6.45, 7) is 3.02. The molecule has 1 N–H and O–H groups in total. The highest BCUT2D eigenvalue weighted by atomic mass is 79.9. The molecule has 19 heavy (non-hydrogen) atoms. The lowest BCUT2D eigenvalue weighted by Gasteiger charge is -1.97. The number of pyridine rings is 1. The number of fused-ring (bicyclic) bond motifs is 1. The Morgan fingerprint density at radius 2 is 2.16 bits per heavy atom. The molecule has 3 nitrogen and oxygen atoms in total. The molecule has 5 heteroatoms. The molecule has 0 saturated heterocycles. The van der Waals surface area contributed by atoms with Crippen LogP contribution in [0.2, 0.25) is 5.02 Å². The summed E-state index contributed by atoms with van der Waals surface area (Å²) in [5.74, 6) is 0.848. The number of rotatable bonds is 2. The number of H-pyrrole nitrogens is 1. The fraction of sp³-hybridized carbons (Fsp3) is 0.143. The van der Waals surface area contributed by atoms with Gasteiger partial charge < -0.3 is 4.98 Å². The van der Waals surface area contributed by atoms with Crippen LogP contribution in [0.1, 0.15) is 6.92 Å². The third kappa shape index (κ3) is 2.51. The SMILES string of the molecule is CC[n+]1cc(Br)cc(-c2nc3ccc(Cl)cc3[nH]2)c1. The second-order valence-corrected chi connectivity index (χ2v) is 5.67. The summed E-state index contributed by atoms with van der Waals surface area (Å²) in [6, 6.07) is 7.70. The summed E-state index contributed by atoms with van der Waals surface area (Å²) in [4.78, 5) is 7.89. The summed E-state index contributed by atoms with van der Waals surface area (Å²) in [6.07, 6.45) is 4.12. The van der Waals surface area contributed by atoms with Crippen LogP contribution in [0, 0.1) is 0 Å². The summed E-state index contributed by atoms with van der Waals surface area (Å²) >= 11 is 9.51. The maximum Gasteiger partial charge on any atom is 0.183 e. The molecule has 96 valence electrons. The molecule has 0 atom stereocenters. The van der Waals surface area contributed by atoms with E-state index in [2.05, 4.69) is 43.6 Å². The highest BCUT2D eigenvalue weighted by Crippen LogP contribution is 2.23. The van der Waals surface area contributed by atoms with Gasteiger partial charge in [0.1, 0.15) is 12.4 Å². The quantitative estimate of drug-likeness (QED) is 0.706. The van der Waals surface area contributed by atoms with Crippen LogP contribution in [0.25, 0.3) is 22.4 Å². The molecular formula is C14H12BrClN3+. The van der Waals surface area contributed by atoms with Crippen molar-refractivity contribution in [3.8, 4) is 11.4 Å². The van der Waals surface area contributed by atoms with Crippen molar-refractivity contribution in [1.29, 1.82) is 0 Å². The van der Waals surface area contributed by atoms with Crippen molar-refractivity contribution in [2.75, 3.05) is 0 Å². The van der Waals surface area contributed by atoms with E-state index in [1.54, 1.807) is 0 Å². The van der Waals surface area contributed by atoms with Crippen molar-refractivity contribution in [3.05, 3.63) is 46.2 Å². The second kappa shape index (κ2) is 4.94. The first-order chi connectivity index (χ1) is 9.15. The van der Waals surface area contributed by atoms with Crippen molar-refractivity contribution in [3.63, 3.8) is 0 Å². The lowest BCUT2D eigenvalue weighted by atomic mass is 10.2. The van der Waals surface area contributed by atoms with Gasteiger partial charge in [-0.05, 0) is 47.1 Å². The van der Waals surface area contributed by atoms with Crippen LogP contribution in [0.4, 0.5) is 0 Å². The van der Waals surface area contributed by atoms with Crippen LogP contribution in [0.5, 0.6) is 0 Å². The number of halogens is 2. The number of hydrogen-bond donors (Lipinski definition) is 1. The zero-order chi connectivity index (χ0) is 13.4. The monoisotopic (exact) mass is 336 g/mol. The third-order valence-corrected chi connectivity index (χ3v) is 3.64. The highest BCUT2D eigenvalue weighted by Gasteiger charge is 2.11. The molecule has 2 aromatic heterocycles. The summed E-state index contributed by atoms with van der Waals surface area (Å²) in [5.41, 5.74) is 2.91. The molecule has 2 heterocycles. The number of hydrogen-bond acceptors (Lipinski definition) is 1. The molecule has 0 fully saturated rings. The van der Waals surface area contributed by atoms with Crippen molar-refractivity contribution < 1.29 is 4.57 Å². The van der Waals surface area contributed by atoms with E-state index in [4.69, 9.17) is 11.6 Å². The fourth-order valence-electron chi connectivity index (χ4n) is 2.03. The lowest BCUT2D eigenvalue weighted by Crippen LogP contribution is -2.31. The van der Waals surface area contributed by atoms with E-state index in [1.807, 2.05) is 30.5 Å². The number of nitrogens with zero attached hydrogens (tertiary/aromatic N) is 2. The van der Waals surface area contributed by atoms with Crippen molar-refractivity contribution in [2.45, 2.75) is 13.5 Å². The Hall–Kier alpha value is -1.39. The first kappa shape index (κ1) is 12.6. The van der Waals surface area contributed by atoms with E-state index >= 15 is 0 Å². The van der Waals surface area contributed by atoms with Crippen molar-refractivity contribution >= 4 is 38.6 Å². The maximum absolute atomic E-state index is 5.99. The van der Waals surface area contributed by atoms with Gasteiger partial charge in [-0.25, -0.2) is 9.55 Å². The Bertz CT molecular complexity index is 752. The highest BCUT2D eigenvalue weighted by molar-refractivity contribution is 9.10. The molecule has 0 aliphatic heterocycles. The predicted octanol–water partition coefficient (Wildman–Crippen LogP) is 3.95. The zero-order valence-electron chi connectivity index (χ0n) is 10.3. The van der Waals surface area contributed by atoms with Gasteiger partial charge >= 0.3 is 0 Å². The molecule has 1 aromatic carbocycles. The molecule has 0 radical (unpaired) electrons. The molecule has 0 amide bonds. The average Bonchev–Trinajstić information content (AvgIpc) is 2.80. The number of aromatic nitrogens is 3. The van der Waals surface area contributed by atoms with E-state index in [1.165, 1.54) is 0 Å². The molecule has 3 rings (SSSR count). The number of aromatic amines is 1. The van der Waals surface area contributed by atoms with Crippen LogP contribution >= 0.6 is 27.5 Å². The van der Waals surface area contributed by atoms with Gasteiger partial charge in [0.05, 0.1) is 21.1 Å². The minimum atomic E-state index is 0.709. The Kier molecular flexibility index (Phi) is 3.29. The maximum atomic E-state index is 5.99. The van der Waals surface area contributed by atoms with Gasteiger partial charge in [-0.3, -0.25) is 0 Å². The van der Waals surface area contributed by atoms with E-state index in [-0.39, 0.29) is 0 Å². The molecule has 0 bridgehead atoms. The molecule has 0 aliphatic carbocycles. The minimum absolute atomic E-state index is 0.709. The number of benzene rings is 1. The van der Waals surface area contributed by atoms with E-state index in [0.29, 0.717) is 5.02 Å². The third-order valence-electron chi connectivity index (χ3n) is 2.97. The van der Waals surface area contributed by atoms with Crippen molar-refractivity contribution in [2.24, 2.45) is 0 Å². The lowest BCUT2D eigenvalue weighted by molar-refractivity contribution is -0.693. The van der Waals surface area contributed by atoms with Crippen LogP contribution in [-0.2, 0) is 6.54 Å². The van der Waals surface area contributed by atoms with Gasteiger partial charge in [0.25, 0.3) is 0 Å². The smallest absolute Gasteiger partial charge is 0.183 e. The van der Waals surface area contributed by atoms with E-state index < -0.39 is 0 Å². The van der Waals surface area contributed by atoms with Crippen LogP contribution in [-0.4, -0.2) is 9.97 Å². The fourth-order valence-corrected chi connectivity index (χ4v) is 2.71. The van der Waals surface area contributed by atoms with Gasteiger partial charge in [-0.1, -0.05) is 11.6 Å². The van der Waals surface area contributed by atoms with E-state index in [9.17, 15) is 0 Å². The molecule has 0 saturated carbocycles. The van der Waals surface area contributed by atoms with Gasteiger partial charge in [0.2, 0.25) is 0 Å². The molecule has 0 unspecified atom stereocenters.